The molecule has 3 atom stereocenters. The van der Waals surface area contributed by atoms with Crippen LogP contribution in [0.1, 0.15) is 43.7 Å². The van der Waals surface area contributed by atoms with Gasteiger partial charge in [-0.3, -0.25) is 14.5 Å². The Morgan fingerprint density at radius 1 is 1.07 bits per heavy atom. The number of aliphatic hydroxyl groups excluding tert-OH is 1. The van der Waals surface area contributed by atoms with Gasteiger partial charge in [-0.15, -0.1) is 0 Å². The van der Waals surface area contributed by atoms with E-state index in [2.05, 4.69) is 15.5 Å². The molecule has 12 nitrogen and oxygen atoms in total. The fourth-order valence-corrected chi connectivity index (χ4v) is 7.31. The molecule has 5 rings (SSSR count). The predicted molar refractivity (Wildman–Crippen MR) is 172 cm³/mol. The molecule has 1 aromatic heterocycles. The molecule has 2 aliphatic heterocycles. The molecule has 250 valence electrons. The largest absolute Gasteiger partial charge is 0.492 e. The number of hydrogen-bond donors (Lipinski definition) is 3. The first-order valence-electron chi connectivity index (χ1n) is 15.9. The molecule has 3 heterocycles. The van der Waals surface area contributed by atoms with Crippen LogP contribution >= 0.6 is 0 Å². The van der Waals surface area contributed by atoms with Crippen molar-refractivity contribution in [3.8, 4) is 5.75 Å². The van der Waals surface area contributed by atoms with Gasteiger partial charge >= 0.3 is 0 Å². The van der Waals surface area contributed by atoms with Gasteiger partial charge in [0.25, 0.3) is 5.91 Å². The van der Waals surface area contributed by atoms with Crippen molar-refractivity contribution >= 4 is 32.8 Å². The molecule has 0 spiro atoms. The summed E-state index contributed by atoms with van der Waals surface area (Å²) in [6.45, 7) is 8.52. The van der Waals surface area contributed by atoms with E-state index >= 15 is 0 Å². The number of rotatable bonds is 12. The fourth-order valence-electron chi connectivity index (χ4n) is 5.79. The van der Waals surface area contributed by atoms with Crippen molar-refractivity contribution in [3.05, 3.63) is 60.4 Å². The number of nitrogens with zero attached hydrogens (tertiary/aromatic N) is 2. The van der Waals surface area contributed by atoms with Crippen LogP contribution in [-0.2, 0) is 19.6 Å². The van der Waals surface area contributed by atoms with Crippen LogP contribution in [0.5, 0.6) is 5.75 Å². The first-order chi connectivity index (χ1) is 22.1. The molecule has 0 bridgehead atoms. The summed E-state index contributed by atoms with van der Waals surface area (Å²) in [7, 11) is -3.79. The number of sulfonamides is 1. The van der Waals surface area contributed by atoms with Crippen LogP contribution in [-0.4, -0.2) is 105 Å². The van der Waals surface area contributed by atoms with Crippen LogP contribution in [0.25, 0.3) is 11.0 Å². The molecule has 2 aromatic carbocycles. The maximum absolute atomic E-state index is 13.5. The number of amides is 2. The van der Waals surface area contributed by atoms with E-state index in [1.165, 1.54) is 16.4 Å². The number of benzene rings is 2. The van der Waals surface area contributed by atoms with E-state index in [4.69, 9.17) is 13.9 Å². The lowest BCUT2D eigenvalue weighted by Crippen LogP contribution is -2.54. The zero-order valence-electron chi connectivity index (χ0n) is 26.4. The zero-order chi connectivity index (χ0) is 32.7. The van der Waals surface area contributed by atoms with E-state index in [0.29, 0.717) is 42.6 Å². The Kier molecular flexibility index (Phi) is 11.3. The highest BCUT2D eigenvalue weighted by Gasteiger charge is 2.35. The SMILES string of the molecule is CC(C)C[C@H](NC(=O)c1cc2cc(OCCN3CCOCC3)ccc2o1)C(=O)NC1CCCN(S(=O)(=O)c2ccccc2)CC1O. The highest BCUT2D eigenvalue weighted by molar-refractivity contribution is 7.89. The number of furan rings is 1. The Hall–Kier alpha value is -3.49. The second kappa shape index (κ2) is 15.4. The highest BCUT2D eigenvalue weighted by atomic mass is 32.2. The fraction of sp³-hybridized carbons (Fsp3) is 0.515. The molecule has 2 unspecified atom stereocenters. The van der Waals surface area contributed by atoms with Crippen molar-refractivity contribution < 1.29 is 37.0 Å². The van der Waals surface area contributed by atoms with E-state index in [9.17, 15) is 23.1 Å². The van der Waals surface area contributed by atoms with Gasteiger partial charge in [0, 0.05) is 38.1 Å². The van der Waals surface area contributed by atoms with Crippen LogP contribution in [0.15, 0.2) is 63.9 Å². The van der Waals surface area contributed by atoms with Gasteiger partial charge in [-0.25, -0.2) is 8.42 Å². The summed E-state index contributed by atoms with van der Waals surface area (Å²) < 4.78 is 44.7. The van der Waals surface area contributed by atoms with Crippen LogP contribution in [0.4, 0.5) is 0 Å². The lowest BCUT2D eigenvalue weighted by Gasteiger charge is -2.27. The average Bonchev–Trinajstić information content (AvgIpc) is 3.38. The Balaban J connectivity index is 1.19. The first-order valence-corrected chi connectivity index (χ1v) is 17.3. The number of morpholine rings is 1. The second-order valence-electron chi connectivity index (χ2n) is 12.3. The number of carbonyl (C=O) groups excluding carboxylic acids is 2. The highest BCUT2D eigenvalue weighted by Crippen LogP contribution is 2.25. The molecular weight excluding hydrogens is 612 g/mol. The number of carbonyl (C=O) groups is 2. The van der Waals surface area contributed by atoms with Crippen LogP contribution in [0, 0.1) is 5.92 Å². The van der Waals surface area contributed by atoms with E-state index in [1.807, 2.05) is 19.9 Å². The van der Waals surface area contributed by atoms with Crippen molar-refractivity contribution in [2.75, 3.05) is 52.5 Å². The predicted octanol–water partition coefficient (Wildman–Crippen LogP) is 2.62. The summed E-state index contributed by atoms with van der Waals surface area (Å²) in [4.78, 5) is 29.2. The molecule has 13 heteroatoms. The van der Waals surface area contributed by atoms with Crippen molar-refractivity contribution in [1.82, 2.24) is 19.8 Å². The minimum Gasteiger partial charge on any atom is -0.492 e. The average molecular weight is 657 g/mol. The van der Waals surface area contributed by atoms with Gasteiger partial charge in [0.05, 0.1) is 30.3 Å². The molecule has 2 amide bonds. The molecule has 0 radical (unpaired) electrons. The van der Waals surface area contributed by atoms with Crippen LogP contribution < -0.4 is 15.4 Å². The van der Waals surface area contributed by atoms with Gasteiger partial charge in [0.15, 0.2) is 5.76 Å². The molecule has 3 aromatic rings. The number of ether oxygens (including phenoxy) is 2. The quantitative estimate of drug-likeness (QED) is 0.267. The molecule has 2 fully saturated rings. The maximum atomic E-state index is 13.5. The summed E-state index contributed by atoms with van der Waals surface area (Å²) in [5, 5.41) is 17.4. The topological polar surface area (TPSA) is 151 Å². The van der Waals surface area contributed by atoms with E-state index in [-0.39, 0.29) is 29.7 Å². The Labute approximate surface area is 270 Å². The van der Waals surface area contributed by atoms with Crippen LogP contribution in [0.2, 0.25) is 0 Å². The zero-order valence-corrected chi connectivity index (χ0v) is 27.2. The third-order valence-electron chi connectivity index (χ3n) is 8.31. The summed E-state index contributed by atoms with van der Waals surface area (Å²) in [5.41, 5.74) is 0.520. The third kappa shape index (κ3) is 8.65. The maximum Gasteiger partial charge on any atom is 0.287 e. The van der Waals surface area contributed by atoms with Crippen molar-refractivity contribution in [3.63, 3.8) is 0 Å². The van der Waals surface area contributed by atoms with Gasteiger partial charge in [0.1, 0.15) is 24.0 Å². The lowest BCUT2D eigenvalue weighted by molar-refractivity contribution is -0.125. The summed E-state index contributed by atoms with van der Waals surface area (Å²) in [5.74, 6) is -0.165. The summed E-state index contributed by atoms with van der Waals surface area (Å²) >= 11 is 0. The Morgan fingerprint density at radius 2 is 1.83 bits per heavy atom. The molecular formula is C33H44N4O8S. The van der Waals surface area contributed by atoms with Crippen molar-refractivity contribution in [2.24, 2.45) is 5.92 Å². The standard InChI is InChI=1S/C33H44N4O8S/c1-23(2)19-28(32(39)34-27-9-6-12-37(22-29(27)38)46(41,42)26-7-4-3-5-8-26)35-33(40)31-21-24-20-25(10-11-30(24)45-31)44-18-15-36-13-16-43-17-14-36/h3-5,7-8,10-11,20-21,23,27-29,38H,6,9,12-19,22H2,1-2H3,(H,34,39)(H,35,40)/t27?,28-,29?/m0/s1. The number of aliphatic hydroxyl groups is 1. The van der Waals surface area contributed by atoms with E-state index < -0.39 is 40.0 Å². The minimum absolute atomic E-state index is 0.0679. The minimum atomic E-state index is -3.79. The summed E-state index contributed by atoms with van der Waals surface area (Å²) in [6, 6.07) is 13.5. The molecule has 0 saturated carbocycles. The Morgan fingerprint density at radius 3 is 2.57 bits per heavy atom. The summed E-state index contributed by atoms with van der Waals surface area (Å²) in [6.07, 6.45) is 0.0703. The van der Waals surface area contributed by atoms with Crippen molar-refractivity contribution in [2.45, 2.75) is 56.2 Å². The van der Waals surface area contributed by atoms with Gasteiger partial charge in [0.2, 0.25) is 15.9 Å². The molecule has 2 aliphatic rings. The second-order valence-corrected chi connectivity index (χ2v) is 14.2. The molecule has 46 heavy (non-hydrogen) atoms. The first kappa shape index (κ1) is 33.9. The van der Waals surface area contributed by atoms with Crippen LogP contribution in [0.3, 0.4) is 0 Å². The Bertz CT molecular complexity index is 1570. The number of hydrogen-bond acceptors (Lipinski definition) is 9. The van der Waals surface area contributed by atoms with Crippen molar-refractivity contribution in [1.29, 1.82) is 0 Å². The third-order valence-corrected chi connectivity index (χ3v) is 10.2. The smallest absolute Gasteiger partial charge is 0.287 e. The monoisotopic (exact) mass is 656 g/mol. The normalized spacial score (nSPS) is 20.7. The lowest BCUT2D eigenvalue weighted by atomic mass is 10.0. The number of fused-ring (bicyclic) bond motifs is 1. The molecule has 0 aliphatic carbocycles. The van der Waals surface area contributed by atoms with E-state index in [0.717, 1.165) is 32.8 Å². The van der Waals surface area contributed by atoms with Gasteiger partial charge < -0.3 is 29.6 Å². The van der Waals surface area contributed by atoms with E-state index in [1.54, 1.807) is 36.4 Å². The number of β-amino-alcohol motifs (C(OH)–C–C–N with tert-alkyl or cyclic N) is 1. The van der Waals surface area contributed by atoms with Gasteiger partial charge in [-0.2, -0.15) is 4.31 Å². The molecule has 2 saturated heterocycles. The van der Waals surface area contributed by atoms with Gasteiger partial charge in [-0.05, 0) is 61.6 Å². The van der Waals surface area contributed by atoms with Gasteiger partial charge in [-0.1, -0.05) is 32.0 Å². The number of nitrogens with one attached hydrogen (secondary N) is 2. The molecule has 3 N–H and O–H groups in total.